The smallest absolute Gasteiger partial charge is 0.431 e. The number of alkyl halides is 3. The van der Waals surface area contributed by atoms with Gasteiger partial charge in [0.1, 0.15) is 0 Å². The second-order valence-corrected chi connectivity index (χ2v) is 11.2. The van der Waals surface area contributed by atoms with Crippen LogP contribution in [-0.4, -0.2) is 32.3 Å². The van der Waals surface area contributed by atoms with Gasteiger partial charge in [-0.25, -0.2) is 13.1 Å². The van der Waals surface area contributed by atoms with Crippen molar-refractivity contribution in [3.63, 3.8) is 0 Å². The molecule has 0 amide bonds. The number of hydrogen-bond donors (Lipinski definition) is 2. The van der Waals surface area contributed by atoms with Gasteiger partial charge in [0, 0.05) is 16.8 Å². The molecule has 0 spiro atoms. The second kappa shape index (κ2) is 10.9. The van der Waals surface area contributed by atoms with Gasteiger partial charge in [-0.05, 0) is 57.0 Å². The second-order valence-electron chi connectivity index (χ2n) is 9.56. The first-order valence-corrected chi connectivity index (χ1v) is 13.0. The third-order valence-corrected chi connectivity index (χ3v) is 7.11. The number of nitrogens with one attached hydrogen (secondary N) is 2. The average Bonchev–Trinajstić information content (AvgIpc) is 2.82. The van der Waals surface area contributed by atoms with Crippen LogP contribution in [0.1, 0.15) is 39.2 Å². The summed E-state index contributed by atoms with van der Waals surface area (Å²) in [6, 6.07) is 20.4. The van der Waals surface area contributed by atoms with Crippen molar-refractivity contribution in [2.75, 3.05) is 5.32 Å². The van der Waals surface area contributed by atoms with Crippen molar-refractivity contribution in [1.82, 2.24) is 4.72 Å². The number of halogens is 3. The molecule has 0 fully saturated rings. The molecule has 0 aliphatic carbocycles. The van der Waals surface area contributed by atoms with E-state index in [-0.39, 0.29) is 10.6 Å². The molecule has 10 heteroatoms. The fourth-order valence-corrected chi connectivity index (χ4v) is 5.22. The predicted molar refractivity (Wildman–Crippen MR) is 136 cm³/mol. The van der Waals surface area contributed by atoms with Gasteiger partial charge in [0.2, 0.25) is 10.0 Å². The lowest BCUT2D eigenvalue weighted by molar-refractivity contribution is -0.214. The van der Waals surface area contributed by atoms with Gasteiger partial charge in [-0.1, -0.05) is 60.7 Å². The van der Waals surface area contributed by atoms with Crippen LogP contribution in [0.3, 0.4) is 0 Å². The molecule has 0 radical (unpaired) electrons. The van der Waals surface area contributed by atoms with Crippen molar-refractivity contribution < 1.29 is 31.1 Å². The molecule has 198 valence electrons. The minimum Gasteiger partial charge on any atom is -0.431 e. The third-order valence-electron chi connectivity index (χ3n) is 5.30. The molecular formula is C27H29F3N2O4S. The highest BCUT2D eigenvalue weighted by atomic mass is 32.2. The summed E-state index contributed by atoms with van der Waals surface area (Å²) in [5.74, 6) is -1.92. The summed E-state index contributed by atoms with van der Waals surface area (Å²) in [4.78, 5) is 12.5. The number of ether oxygens (including phenoxy) is 1. The van der Waals surface area contributed by atoms with E-state index in [0.717, 1.165) is 0 Å². The van der Waals surface area contributed by atoms with Crippen LogP contribution in [0.4, 0.5) is 18.9 Å². The fourth-order valence-electron chi connectivity index (χ4n) is 3.57. The van der Waals surface area contributed by atoms with E-state index in [1.54, 1.807) is 69.3 Å². The lowest BCUT2D eigenvalue weighted by Crippen LogP contribution is -2.41. The first kappa shape index (κ1) is 28.2. The van der Waals surface area contributed by atoms with Crippen molar-refractivity contribution in [1.29, 1.82) is 0 Å². The third kappa shape index (κ3) is 7.56. The van der Waals surface area contributed by atoms with Gasteiger partial charge in [-0.2, -0.15) is 13.2 Å². The van der Waals surface area contributed by atoms with Crippen molar-refractivity contribution in [2.45, 2.75) is 56.5 Å². The van der Waals surface area contributed by atoms with E-state index in [0.29, 0.717) is 16.7 Å². The molecule has 0 saturated carbocycles. The van der Waals surface area contributed by atoms with E-state index in [9.17, 15) is 26.4 Å². The first-order chi connectivity index (χ1) is 17.2. The molecule has 3 aromatic rings. The monoisotopic (exact) mass is 534 g/mol. The molecular weight excluding hydrogens is 505 g/mol. The Morgan fingerprint density at radius 3 is 2.00 bits per heavy atom. The van der Waals surface area contributed by atoms with Crippen molar-refractivity contribution in [3.05, 3.63) is 84.4 Å². The van der Waals surface area contributed by atoms with Crippen LogP contribution >= 0.6 is 0 Å². The zero-order valence-electron chi connectivity index (χ0n) is 20.8. The molecule has 0 aromatic heterocycles. The molecule has 0 bridgehead atoms. The summed E-state index contributed by atoms with van der Waals surface area (Å²) < 4.78 is 74.3. The number of rotatable bonds is 8. The van der Waals surface area contributed by atoms with E-state index in [1.807, 2.05) is 0 Å². The zero-order valence-corrected chi connectivity index (χ0v) is 21.7. The fraction of sp³-hybridized carbons (Fsp3) is 0.296. The lowest BCUT2D eigenvalue weighted by Gasteiger charge is -2.24. The van der Waals surface area contributed by atoms with E-state index >= 15 is 0 Å². The molecule has 3 aromatic carbocycles. The van der Waals surface area contributed by atoms with Crippen LogP contribution < -0.4 is 10.0 Å². The summed E-state index contributed by atoms with van der Waals surface area (Å²) >= 11 is 0. The first-order valence-electron chi connectivity index (χ1n) is 11.5. The number of sulfonamides is 1. The van der Waals surface area contributed by atoms with Gasteiger partial charge < -0.3 is 10.1 Å². The maximum Gasteiger partial charge on any atom is 0.445 e. The van der Waals surface area contributed by atoms with Crippen molar-refractivity contribution in [3.8, 4) is 11.1 Å². The van der Waals surface area contributed by atoms with Crippen LogP contribution in [-0.2, 0) is 19.6 Å². The molecule has 0 aliphatic rings. The minimum absolute atomic E-state index is 0.0411. The molecule has 6 nitrogen and oxygen atoms in total. The normalized spacial score (nSPS) is 14.0. The molecule has 2 atom stereocenters. The predicted octanol–water partition coefficient (Wildman–Crippen LogP) is 6.08. The Kier molecular flexibility index (Phi) is 8.34. The summed E-state index contributed by atoms with van der Waals surface area (Å²) in [7, 11) is -3.86. The van der Waals surface area contributed by atoms with Gasteiger partial charge >= 0.3 is 12.1 Å². The quantitative estimate of drug-likeness (QED) is 0.270. The minimum atomic E-state index is -4.87. The van der Waals surface area contributed by atoms with E-state index in [4.69, 9.17) is 4.74 Å². The van der Waals surface area contributed by atoms with E-state index in [1.165, 1.54) is 37.3 Å². The Labute approximate surface area is 214 Å². The van der Waals surface area contributed by atoms with Crippen LogP contribution in [0, 0.1) is 0 Å². The number of carbonyl (C=O) groups excluding carboxylic acids is 1. The highest BCUT2D eigenvalue weighted by Gasteiger charge is 2.44. The topological polar surface area (TPSA) is 84.5 Å². The highest BCUT2D eigenvalue weighted by molar-refractivity contribution is 7.89. The molecule has 3 rings (SSSR count). The Hall–Kier alpha value is -3.37. The van der Waals surface area contributed by atoms with Gasteiger partial charge in [0.05, 0.1) is 10.8 Å². The van der Waals surface area contributed by atoms with E-state index in [2.05, 4.69) is 10.0 Å². The summed E-state index contributed by atoms with van der Waals surface area (Å²) in [5, 5.41) is 2.21. The maximum atomic E-state index is 13.7. The maximum absolute atomic E-state index is 13.7. The standard InChI is InChI=1S/C27H29F3N2O4S/c1-18(19-10-6-5-7-11-19)24(33)36-25(27(28,29)30)31-21-16-14-20(15-17-21)22-12-8-9-13-23(22)37(34,35)32-26(2,3)4/h5-18,25,31-32H,1-4H3. The SMILES string of the molecule is CC(C(=O)OC(Nc1ccc(-c2ccccc2S(=O)(=O)NC(C)(C)C)cc1)C(F)(F)F)c1ccccc1. The molecule has 0 saturated heterocycles. The lowest BCUT2D eigenvalue weighted by atomic mass is 10.0. The Bertz CT molecular complexity index is 1320. The number of anilines is 1. The van der Waals surface area contributed by atoms with Crippen molar-refractivity contribution in [2.24, 2.45) is 0 Å². The largest absolute Gasteiger partial charge is 0.445 e. The molecule has 2 unspecified atom stereocenters. The molecule has 0 aliphatic heterocycles. The Morgan fingerprint density at radius 2 is 1.43 bits per heavy atom. The summed E-state index contributed by atoms with van der Waals surface area (Å²) in [5.41, 5.74) is 0.744. The highest BCUT2D eigenvalue weighted by Crippen LogP contribution is 2.31. The van der Waals surface area contributed by atoms with Crippen LogP contribution in [0.5, 0.6) is 0 Å². The summed E-state index contributed by atoms with van der Waals surface area (Å²) in [6.45, 7) is 6.63. The number of esters is 1. The van der Waals surface area contributed by atoms with Crippen LogP contribution in [0.15, 0.2) is 83.8 Å². The zero-order chi connectivity index (χ0) is 27.4. The van der Waals surface area contributed by atoms with Gasteiger partial charge in [-0.3, -0.25) is 4.79 Å². The van der Waals surface area contributed by atoms with Crippen molar-refractivity contribution >= 4 is 21.7 Å². The number of carbonyl (C=O) groups is 1. The van der Waals surface area contributed by atoms with Gasteiger partial charge in [0.25, 0.3) is 6.23 Å². The summed E-state index contributed by atoms with van der Waals surface area (Å²) in [6.07, 6.45) is -7.44. The average molecular weight is 535 g/mol. The van der Waals surface area contributed by atoms with E-state index < -0.39 is 39.9 Å². The Balaban J connectivity index is 1.82. The molecule has 0 heterocycles. The molecule has 37 heavy (non-hydrogen) atoms. The molecule has 2 N–H and O–H groups in total. The van der Waals surface area contributed by atoms with Gasteiger partial charge in [0.15, 0.2) is 0 Å². The van der Waals surface area contributed by atoms with Crippen LogP contribution in [0.25, 0.3) is 11.1 Å². The number of benzene rings is 3. The number of hydrogen-bond acceptors (Lipinski definition) is 5. The Morgan fingerprint density at radius 1 is 0.865 bits per heavy atom. The van der Waals surface area contributed by atoms with Gasteiger partial charge in [-0.15, -0.1) is 0 Å². The van der Waals surface area contributed by atoms with Crippen LogP contribution in [0.2, 0.25) is 0 Å².